The summed E-state index contributed by atoms with van der Waals surface area (Å²) in [6, 6.07) is 10.5. The molecule has 0 bridgehead atoms. The summed E-state index contributed by atoms with van der Waals surface area (Å²) in [5.41, 5.74) is 9.00. The average Bonchev–Trinajstić information content (AvgIpc) is 2.95. The maximum Gasteiger partial charge on any atom is 0.337 e. The van der Waals surface area contributed by atoms with E-state index in [0.717, 1.165) is 5.56 Å². The van der Waals surface area contributed by atoms with Crippen molar-refractivity contribution in [2.45, 2.75) is 0 Å². The van der Waals surface area contributed by atoms with Crippen LogP contribution in [0.25, 0.3) is 11.3 Å². The lowest BCUT2D eigenvalue weighted by molar-refractivity contribution is 0.0601. The fraction of sp³-hybridized carbons (Fsp3) is 0.0714. The SMILES string of the molecule is COC(=O)c1ccc(-c2ccc(C=NNC(N)=S)o2)cc1. The van der Waals surface area contributed by atoms with Gasteiger partial charge in [0.15, 0.2) is 5.11 Å². The Morgan fingerprint density at radius 2 is 2.05 bits per heavy atom. The second-order valence-corrected chi connectivity index (χ2v) is 4.45. The highest BCUT2D eigenvalue weighted by Gasteiger charge is 2.07. The summed E-state index contributed by atoms with van der Waals surface area (Å²) in [4.78, 5) is 11.3. The van der Waals surface area contributed by atoms with Gasteiger partial charge in [-0.3, -0.25) is 5.43 Å². The Kier molecular flexibility index (Phi) is 4.68. The lowest BCUT2D eigenvalue weighted by atomic mass is 10.1. The summed E-state index contributed by atoms with van der Waals surface area (Å²) >= 11 is 4.62. The van der Waals surface area contributed by atoms with E-state index in [1.807, 2.05) is 0 Å². The topological polar surface area (TPSA) is 89.8 Å². The molecule has 0 radical (unpaired) electrons. The highest BCUT2D eigenvalue weighted by molar-refractivity contribution is 7.80. The van der Waals surface area contributed by atoms with E-state index >= 15 is 0 Å². The minimum Gasteiger partial charge on any atom is -0.465 e. The second kappa shape index (κ2) is 6.67. The molecule has 2 rings (SSSR count). The van der Waals surface area contributed by atoms with Crippen LogP contribution in [0.15, 0.2) is 45.9 Å². The standard InChI is InChI=1S/C14H13N3O3S/c1-19-13(18)10-4-2-9(3-5-10)12-7-6-11(20-12)8-16-17-14(15)21/h2-8H,1H3,(H3,15,17,21). The number of ether oxygens (including phenoxy) is 1. The number of carbonyl (C=O) groups excluding carboxylic acids is 1. The van der Waals surface area contributed by atoms with Crippen molar-refractivity contribution in [1.82, 2.24) is 5.43 Å². The summed E-state index contributed by atoms with van der Waals surface area (Å²) in [7, 11) is 1.34. The number of esters is 1. The van der Waals surface area contributed by atoms with Gasteiger partial charge in [0.25, 0.3) is 0 Å². The predicted molar refractivity (Wildman–Crippen MR) is 83.0 cm³/mol. The van der Waals surface area contributed by atoms with Crippen molar-refractivity contribution in [3.8, 4) is 11.3 Å². The number of benzene rings is 1. The summed E-state index contributed by atoms with van der Waals surface area (Å²) in [6.45, 7) is 0. The highest BCUT2D eigenvalue weighted by Crippen LogP contribution is 2.22. The summed E-state index contributed by atoms with van der Waals surface area (Å²) in [5.74, 6) is 0.826. The van der Waals surface area contributed by atoms with E-state index in [0.29, 0.717) is 17.1 Å². The molecule has 0 aliphatic carbocycles. The number of methoxy groups -OCH3 is 1. The van der Waals surface area contributed by atoms with E-state index in [9.17, 15) is 4.79 Å². The molecule has 0 saturated carbocycles. The normalized spacial score (nSPS) is 10.5. The molecule has 21 heavy (non-hydrogen) atoms. The van der Waals surface area contributed by atoms with Crippen LogP contribution in [-0.2, 0) is 4.74 Å². The van der Waals surface area contributed by atoms with Crippen molar-refractivity contribution in [1.29, 1.82) is 0 Å². The Morgan fingerprint density at radius 3 is 2.67 bits per heavy atom. The van der Waals surface area contributed by atoms with Gasteiger partial charge in [-0.25, -0.2) is 4.79 Å². The third-order valence-corrected chi connectivity index (χ3v) is 2.68. The van der Waals surface area contributed by atoms with Crippen molar-refractivity contribution in [2.75, 3.05) is 7.11 Å². The molecular formula is C14H13N3O3S. The first-order chi connectivity index (χ1) is 10.1. The van der Waals surface area contributed by atoms with Gasteiger partial charge in [-0.2, -0.15) is 5.10 Å². The van der Waals surface area contributed by atoms with Gasteiger partial charge in [-0.15, -0.1) is 0 Å². The van der Waals surface area contributed by atoms with Crippen LogP contribution in [0.4, 0.5) is 0 Å². The molecule has 0 aliphatic rings. The second-order valence-electron chi connectivity index (χ2n) is 4.01. The zero-order valence-electron chi connectivity index (χ0n) is 11.2. The first-order valence-electron chi connectivity index (χ1n) is 5.97. The zero-order chi connectivity index (χ0) is 15.2. The molecule has 0 amide bonds. The molecule has 0 aliphatic heterocycles. The first kappa shape index (κ1) is 14.7. The van der Waals surface area contributed by atoms with E-state index in [1.165, 1.54) is 13.3 Å². The molecule has 1 aromatic heterocycles. The number of nitrogens with two attached hydrogens (primary N) is 1. The summed E-state index contributed by atoms with van der Waals surface area (Å²) in [5, 5.41) is 3.88. The van der Waals surface area contributed by atoms with Crippen molar-refractivity contribution in [2.24, 2.45) is 10.8 Å². The van der Waals surface area contributed by atoms with Gasteiger partial charge in [-0.1, -0.05) is 12.1 Å². The first-order valence-corrected chi connectivity index (χ1v) is 6.38. The van der Waals surface area contributed by atoms with Crippen LogP contribution in [0, 0.1) is 0 Å². The number of hydrogen-bond donors (Lipinski definition) is 2. The highest BCUT2D eigenvalue weighted by atomic mass is 32.1. The molecule has 0 saturated heterocycles. The maximum atomic E-state index is 11.3. The fourth-order valence-electron chi connectivity index (χ4n) is 1.63. The van der Waals surface area contributed by atoms with E-state index in [4.69, 9.17) is 10.2 Å². The molecule has 0 atom stereocenters. The van der Waals surface area contributed by atoms with Gasteiger partial charge >= 0.3 is 5.97 Å². The van der Waals surface area contributed by atoms with Crippen LogP contribution >= 0.6 is 12.2 Å². The molecule has 1 aromatic carbocycles. The smallest absolute Gasteiger partial charge is 0.337 e. The van der Waals surface area contributed by atoms with Crippen molar-refractivity contribution >= 4 is 29.5 Å². The Bertz CT molecular complexity index is 677. The quantitative estimate of drug-likeness (QED) is 0.388. The molecular weight excluding hydrogens is 290 g/mol. The monoisotopic (exact) mass is 303 g/mol. The fourth-order valence-corrected chi connectivity index (χ4v) is 1.68. The molecule has 7 heteroatoms. The average molecular weight is 303 g/mol. The third-order valence-electron chi connectivity index (χ3n) is 2.58. The van der Waals surface area contributed by atoms with Gasteiger partial charge in [-0.05, 0) is 36.5 Å². The molecule has 0 spiro atoms. The number of nitrogens with one attached hydrogen (secondary N) is 1. The largest absolute Gasteiger partial charge is 0.465 e. The Labute approximate surface area is 126 Å². The van der Waals surface area contributed by atoms with Crippen molar-refractivity contribution < 1.29 is 13.9 Å². The van der Waals surface area contributed by atoms with Gasteiger partial charge in [0.1, 0.15) is 11.5 Å². The van der Waals surface area contributed by atoms with E-state index in [-0.39, 0.29) is 11.1 Å². The van der Waals surface area contributed by atoms with Gasteiger partial charge < -0.3 is 14.9 Å². The minimum absolute atomic E-state index is 0.0800. The molecule has 0 unspecified atom stereocenters. The number of thiocarbonyl (C=S) groups is 1. The Hall–Kier alpha value is -2.67. The van der Waals surface area contributed by atoms with Crippen LogP contribution in [0.3, 0.4) is 0 Å². The Balaban J connectivity index is 2.12. The minimum atomic E-state index is -0.377. The van der Waals surface area contributed by atoms with Gasteiger partial charge in [0, 0.05) is 5.56 Å². The van der Waals surface area contributed by atoms with Gasteiger partial charge in [0.2, 0.25) is 0 Å². The van der Waals surface area contributed by atoms with E-state index < -0.39 is 0 Å². The molecule has 2 aromatic rings. The molecule has 108 valence electrons. The van der Waals surface area contributed by atoms with Crippen molar-refractivity contribution in [3.05, 3.63) is 47.7 Å². The number of rotatable bonds is 4. The number of hydrazone groups is 1. The molecule has 6 nitrogen and oxygen atoms in total. The van der Waals surface area contributed by atoms with Crippen LogP contribution in [0.2, 0.25) is 0 Å². The molecule has 0 fully saturated rings. The van der Waals surface area contributed by atoms with E-state index in [1.54, 1.807) is 36.4 Å². The lowest BCUT2D eigenvalue weighted by Crippen LogP contribution is -2.23. The van der Waals surface area contributed by atoms with Crippen LogP contribution in [0.5, 0.6) is 0 Å². The van der Waals surface area contributed by atoms with Crippen LogP contribution < -0.4 is 11.2 Å². The Morgan fingerprint density at radius 1 is 1.33 bits per heavy atom. The van der Waals surface area contributed by atoms with Gasteiger partial charge in [0.05, 0.1) is 18.9 Å². The maximum absolute atomic E-state index is 11.3. The van der Waals surface area contributed by atoms with Crippen LogP contribution in [0.1, 0.15) is 16.1 Å². The van der Waals surface area contributed by atoms with E-state index in [2.05, 4.69) is 27.5 Å². The molecule has 3 N–H and O–H groups in total. The lowest BCUT2D eigenvalue weighted by Gasteiger charge is -2.00. The number of nitrogens with zero attached hydrogens (tertiary/aromatic N) is 1. The number of hydrogen-bond acceptors (Lipinski definition) is 5. The summed E-state index contributed by atoms with van der Waals surface area (Å²) in [6.07, 6.45) is 1.46. The number of carbonyl (C=O) groups is 1. The van der Waals surface area contributed by atoms with Crippen molar-refractivity contribution in [3.63, 3.8) is 0 Å². The predicted octanol–water partition coefficient (Wildman–Crippen LogP) is 1.90. The summed E-state index contributed by atoms with van der Waals surface area (Å²) < 4.78 is 10.2. The molecule has 1 heterocycles. The third kappa shape index (κ3) is 3.90. The van der Waals surface area contributed by atoms with Crippen LogP contribution in [-0.4, -0.2) is 24.4 Å². The number of furan rings is 1. The zero-order valence-corrected chi connectivity index (χ0v) is 12.0.